The molecule has 0 spiro atoms. The van der Waals surface area contributed by atoms with Crippen molar-refractivity contribution < 1.29 is 18.8 Å². The highest BCUT2D eigenvalue weighted by molar-refractivity contribution is 6.62. The first-order valence-corrected chi connectivity index (χ1v) is 11.8. The first kappa shape index (κ1) is 26.7. The van der Waals surface area contributed by atoms with Gasteiger partial charge in [0.1, 0.15) is 5.71 Å². The number of aryl methyl sites for hydroxylation is 1. The smallest absolute Gasteiger partial charge is 0.405 e. The van der Waals surface area contributed by atoms with Gasteiger partial charge >= 0.3 is 7.12 Å². The minimum absolute atomic E-state index is 0.249. The SMILES string of the molecule is Cc1cc(B2OC(C)(C)C(C)(C)O2)ccc1N(C)C(=O)C(C=CN)=NCCOCc1ccccc1. The lowest BCUT2D eigenvalue weighted by Crippen LogP contribution is -2.41. The van der Waals surface area contributed by atoms with E-state index >= 15 is 0 Å². The minimum atomic E-state index is -0.457. The molecule has 0 unspecified atom stereocenters. The molecule has 0 aliphatic carbocycles. The van der Waals surface area contributed by atoms with Crippen LogP contribution < -0.4 is 16.1 Å². The summed E-state index contributed by atoms with van der Waals surface area (Å²) in [4.78, 5) is 19.2. The number of nitrogens with zero attached hydrogens (tertiary/aromatic N) is 2. The summed E-state index contributed by atoms with van der Waals surface area (Å²) in [6.45, 7) is 11.3. The topological polar surface area (TPSA) is 86.4 Å². The lowest BCUT2D eigenvalue weighted by molar-refractivity contribution is -0.112. The van der Waals surface area contributed by atoms with Crippen molar-refractivity contribution in [2.75, 3.05) is 25.1 Å². The molecule has 0 atom stereocenters. The third kappa shape index (κ3) is 6.39. The maximum atomic E-state index is 13.2. The quantitative estimate of drug-likeness (QED) is 0.340. The number of nitrogens with two attached hydrogens (primary N) is 1. The minimum Gasteiger partial charge on any atom is -0.405 e. The zero-order valence-corrected chi connectivity index (χ0v) is 21.6. The monoisotopic (exact) mass is 477 g/mol. The summed E-state index contributed by atoms with van der Waals surface area (Å²) >= 11 is 0. The van der Waals surface area contributed by atoms with Crippen LogP contribution in [-0.2, 0) is 25.4 Å². The van der Waals surface area contributed by atoms with Crippen LogP contribution in [-0.4, -0.2) is 50.1 Å². The van der Waals surface area contributed by atoms with Gasteiger partial charge in [0.05, 0.1) is 31.0 Å². The number of rotatable bonds is 9. The molecule has 35 heavy (non-hydrogen) atoms. The molecular formula is C27H36BN3O4. The Hall–Kier alpha value is -2.94. The Balaban J connectivity index is 1.65. The predicted molar refractivity (Wildman–Crippen MR) is 142 cm³/mol. The predicted octanol–water partition coefficient (Wildman–Crippen LogP) is 3.39. The van der Waals surface area contributed by atoms with Crippen LogP contribution in [0.4, 0.5) is 5.69 Å². The molecule has 1 heterocycles. The van der Waals surface area contributed by atoms with Gasteiger partial charge in [-0.2, -0.15) is 0 Å². The highest BCUT2D eigenvalue weighted by Gasteiger charge is 2.51. The second-order valence-corrected chi connectivity index (χ2v) is 9.66. The van der Waals surface area contributed by atoms with Gasteiger partial charge in [-0.05, 0) is 69.6 Å². The van der Waals surface area contributed by atoms with E-state index in [1.54, 1.807) is 11.9 Å². The van der Waals surface area contributed by atoms with Crippen LogP contribution in [0.5, 0.6) is 0 Å². The number of carbonyl (C=O) groups is 1. The molecule has 8 heteroatoms. The zero-order chi connectivity index (χ0) is 25.6. The molecule has 0 radical (unpaired) electrons. The lowest BCUT2D eigenvalue weighted by Gasteiger charge is -2.32. The number of anilines is 1. The third-order valence-electron chi connectivity index (χ3n) is 6.51. The van der Waals surface area contributed by atoms with Crippen LogP contribution in [0.15, 0.2) is 65.8 Å². The second kappa shape index (κ2) is 11.2. The standard InChI is InChI=1S/C27H36BN3O4/c1-20-18-22(28-34-26(2,3)27(4,5)35-28)12-13-24(20)31(6)25(32)23(14-15-29)30-16-17-33-19-21-10-8-7-9-11-21/h7-15,18H,16-17,19,29H2,1-6H3. The van der Waals surface area contributed by atoms with Crippen molar-refractivity contribution in [2.24, 2.45) is 10.7 Å². The second-order valence-electron chi connectivity index (χ2n) is 9.66. The molecule has 1 saturated heterocycles. The van der Waals surface area contributed by atoms with Gasteiger partial charge in [-0.1, -0.05) is 42.5 Å². The number of hydrogen-bond donors (Lipinski definition) is 1. The number of benzene rings is 2. The Morgan fingerprint density at radius 2 is 1.77 bits per heavy atom. The molecule has 1 aliphatic rings. The van der Waals surface area contributed by atoms with E-state index in [0.29, 0.717) is 19.8 Å². The number of amides is 1. The molecule has 2 aromatic carbocycles. The van der Waals surface area contributed by atoms with Crippen molar-refractivity contribution in [3.8, 4) is 0 Å². The Morgan fingerprint density at radius 3 is 2.37 bits per heavy atom. The van der Waals surface area contributed by atoms with E-state index in [1.807, 2.05) is 83.1 Å². The van der Waals surface area contributed by atoms with E-state index in [2.05, 4.69) is 4.99 Å². The molecule has 7 nitrogen and oxygen atoms in total. The van der Waals surface area contributed by atoms with Gasteiger partial charge < -0.3 is 24.7 Å². The van der Waals surface area contributed by atoms with Gasteiger partial charge in [-0.25, -0.2) is 0 Å². The maximum absolute atomic E-state index is 13.2. The Kier molecular flexibility index (Phi) is 8.54. The largest absolute Gasteiger partial charge is 0.494 e. The molecule has 0 bridgehead atoms. The Labute approximate surface area is 209 Å². The first-order chi connectivity index (χ1) is 16.6. The molecule has 3 rings (SSSR count). The number of ether oxygens (including phenoxy) is 1. The fourth-order valence-corrected chi connectivity index (χ4v) is 3.74. The normalized spacial score (nSPS) is 17.2. The van der Waals surface area contributed by atoms with E-state index in [0.717, 1.165) is 22.3 Å². The number of carbonyl (C=O) groups excluding carboxylic acids is 1. The van der Waals surface area contributed by atoms with E-state index in [4.69, 9.17) is 19.8 Å². The number of hydrogen-bond acceptors (Lipinski definition) is 6. The van der Waals surface area contributed by atoms with Gasteiger partial charge in [0, 0.05) is 12.7 Å². The summed E-state index contributed by atoms with van der Waals surface area (Å²) in [5, 5.41) is 0. The van der Waals surface area contributed by atoms with E-state index in [9.17, 15) is 4.79 Å². The van der Waals surface area contributed by atoms with E-state index in [-0.39, 0.29) is 11.6 Å². The Morgan fingerprint density at radius 1 is 1.11 bits per heavy atom. The van der Waals surface area contributed by atoms with Crippen LogP contribution >= 0.6 is 0 Å². The summed E-state index contributed by atoms with van der Waals surface area (Å²) in [5.41, 5.74) is 8.73. The molecule has 1 fully saturated rings. The molecular weight excluding hydrogens is 441 g/mol. The van der Waals surface area contributed by atoms with E-state index in [1.165, 1.54) is 12.3 Å². The highest BCUT2D eigenvalue weighted by Crippen LogP contribution is 2.36. The lowest BCUT2D eigenvalue weighted by atomic mass is 9.78. The van der Waals surface area contributed by atoms with Crippen LogP contribution in [0.25, 0.3) is 0 Å². The third-order valence-corrected chi connectivity index (χ3v) is 6.51. The van der Waals surface area contributed by atoms with Gasteiger partial charge in [-0.15, -0.1) is 0 Å². The molecule has 1 amide bonds. The summed E-state index contributed by atoms with van der Waals surface area (Å²) in [5.74, 6) is -0.249. The van der Waals surface area contributed by atoms with Gasteiger partial charge in [-0.3, -0.25) is 9.79 Å². The van der Waals surface area contributed by atoms with Crippen molar-refractivity contribution in [1.82, 2.24) is 0 Å². The Bertz CT molecular complexity index is 1070. The van der Waals surface area contributed by atoms with Crippen LogP contribution in [0.3, 0.4) is 0 Å². The van der Waals surface area contributed by atoms with Gasteiger partial charge in [0.2, 0.25) is 0 Å². The maximum Gasteiger partial charge on any atom is 0.494 e. The molecule has 2 N–H and O–H groups in total. The van der Waals surface area contributed by atoms with Gasteiger partial charge in [0.15, 0.2) is 0 Å². The fourth-order valence-electron chi connectivity index (χ4n) is 3.74. The van der Waals surface area contributed by atoms with Crippen LogP contribution in [0, 0.1) is 6.92 Å². The summed E-state index contributed by atoms with van der Waals surface area (Å²) in [6.07, 6.45) is 2.84. The zero-order valence-electron chi connectivity index (χ0n) is 21.6. The number of aliphatic imine (C=N–C) groups is 1. The molecule has 0 aromatic heterocycles. The molecule has 186 valence electrons. The van der Waals surface area contributed by atoms with Crippen molar-refractivity contribution in [3.05, 3.63) is 71.9 Å². The molecule has 1 aliphatic heterocycles. The van der Waals surface area contributed by atoms with Gasteiger partial charge in [0.25, 0.3) is 5.91 Å². The van der Waals surface area contributed by atoms with Crippen molar-refractivity contribution in [2.45, 2.75) is 52.4 Å². The van der Waals surface area contributed by atoms with Crippen LogP contribution in [0.2, 0.25) is 0 Å². The van der Waals surface area contributed by atoms with Crippen molar-refractivity contribution in [1.29, 1.82) is 0 Å². The fraction of sp³-hybridized carbons (Fsp3) is 0.407. The molecule has 2 aromatic rings. The van der Waals surface area contributed by atoms with E-state index < -0.39 is 18.3 Å². The van der Waals surface area contributed by atoms with Crippen molar-refractivity contribution in [3.63, 3.8) is 0 Å². The summed E-state index contributed by atoms with van der Waals surface area (Å²) < 4.78 is 18.0. The highest BCUT2D eigenvalue weighted by atomic mass is 16.7. The van der Waals surface area contributed by atoms with Crippen LogP contribution in [0.1, 0.15) is 38.8 Å². The average Bonchev–Trinajstić information content (AvgIpc) is 3.04. The average molecular weight is 477 g/mol. The summed E-state index contributed by atoms with van der Waals surface area (Å²) in [7, 11) is 1.27. The van der Waals surface area contributed by atoms with Crippen molar-refractivity contribution >= 4 is 29.9 Å². The summed E-state index contributed by atoms with van der Waals surface area (Å²) in [6, 6.07) is 15.7. The first-order valence-electron chi connectivity index (χ1n) is 11.8. The molecule has 0 saturated carbocycles.